The summed E-state index contributed by atoms with van der Waals surface area (Å²) >= 11 is 6.65. The monoisotopic (exact) mass is 428 g/mol. The molecule has 0 aromatic rings. The molecule has 0 bridgehead atoms. The number of alkyl halides is 2. The van der Waals surface area contributed by atoms with Crippen molar-refractivity contribution >= 4 is 43.8 Å². The van der Waals surface area contributed by atoms with E-state index in [2.05, 4.69) is 31.9 Å². The largest absolute Gasteiger partial charge is 0.466 e. The summed E-state index contributed by atoms with van der Waals surface area (Å²) in [5, 5.41) is 1.85. The topological polar surface area (TPSA) is 52.6 Å². The van der Waals surface area contributed by atoms with Crippen molar-refractivity contribution in [2.45, 2.75) is 57.8 Å². The smallest absolute Gasteiger partial charge is 0.305 e. The summed E-state index contributed by atoms with van der Waals surface area (Å²) < 4.78 is 10.2. The van der Waals surface area contributed by atoms with Gasteiger partial charge in [-0.15, -0.1) is 0 Å². The molecule has 0 heterocycles. The molecule has 0 atom stereocenters. The second kappa shape index (κ2) is 16.3. The highest BCUT2D eigenvalue weighted by molar-refractivity contribution is 9.09. The second-order valence-corrected chi connectivity index (χ2v) is 6.38. The van der Waals surface area contributed by atoms with Crippen LogP contribution in [0.25, 0.3) is 0 Å². The number of hydrogen-bond acceptors (Lipinski definition) is 4. The maximum atomic E-state index is 11.3. The van der Waals surface area contributed by atoms with Crippen LogP contribution in [0, 0.1) is 0 Å². The van der Waals surface area contributed by atoms with Crippen LogP contribution in [0.3, 0.4) is 0 Å². The highest BCUT2D eigenvalue weighted by Gasteiger charge is 2.03. The average Bonchev–Trinajstić information content (AvgIpc) is 2.47. The quantitative estimate of drug-likeness (QED) is 0.233. The molecular formula is C15H26Br2O4. The Morgan fingerprint density at radius 2 is 1.05 bits per heavy atom. The van der Waals surface area contributed by atoms with E-state index < -0.39 is 0 Å². The lowest BCUT2D eigenvalue weighted by molar-refractivity contribution is -0.144. The summed E-state index contributed by atoms with van der Waals surface area (Å²) in [5.41, 5.74) is 0. The molecule has 0 spiro atoms. The number of hydrogen-bond donors (Lipinski definition) is 0. The Morgan fingerprint density at radius 3 is 1.43 bits per heavy atom. The minimum absolute atomic E-state index is 0.117. The van der Waals surface area contributed by atoms with E-state index in [9.17, 15) is 9.59 Å². The van der Waals surface area contributed by atoms with Gasteiger partial charge in [-0.1, -0.05) is 31.9 Å². The Balaban J connectivity index is 3.24. The zero-order valence-electron chi connectivity index (χ0n) is 12.6. The summed E-state index contributed by atoms with van der Waals surface area (Å²) in [5.74, 6) is -0.233. The van der Waals surface area contributed by atoms with Gasteiger partial charge in [-0.2, -0.15) is 0 Å². The first-order valence-corrected chi connectivity index (χ1v) is 9.88. The third-order valence-electron chi connectivity index (χ3n) is 2.84. The van der Waals surface area contributed by atoms with E-state index in [1.54, 1.807) is 0 Å². The molecular weight excluding hydrogens is 404 g/mol. The third-order valence-corrected chi connectivity index (χ3v) is 3.97. The normalized spacial score (nSPS) is 10.4. The highest BCUT2D eigenvalue weighted by Crippen LogP contribution is 2.04. The van der Waals surface area contributed by atoms with Crippen LogP contribution in [0.1, 0.15) is 57.8 Å². The van der Waals surface area contributed by atoms with Gasteiger partial charge in [0.1, 0.15) is 0 Å². The van der Waals surface area contributed by atoms with Crippen LogP contribution >= 0.6 is 31.9 Å². The maximum absolute atomic E-state index is 11.3. The van der Waals surface area contributed by atoms with Crippen LogP contribution in [0.2, 0.25) is 0 Å². The first-order chi connectivity index (χ1) is 10.2. The fraction of sp³-hybridized carbons (Fsp3) is 0.867. The van der Waals surface area contributed by atoms with Crippen LogP contribution in [0.5, 0.6) is 0 Å². The number of rotatable bonds is 14. The lowest BCUT2D eigenvalue weighted by atomic mass is 10.2. The third kappa shape index (κ3) is 16.1. The van der Waals surface area contributed by atoms with Gasteiger partial charge in [0.25, 0.3) is 0 Å². The van der Waals surface area contributed by atoms with E-state index in [4.69, 9.17) is 9.47 Å². The van der Waals surface area contributed by atoms with E-state index in [1.807, 2.05) is 0 Å². The van der Waals surface area contributed by atoms with Crippen molar-refractivity contribution in [1.29, 1.82) is 0 Å². The molecule has 0 fully saturated rings. The molecule has 0 radical (unpaired) electrons. The first kappa shape index (κ1) is 20.9. The number of ether oxygens (including phenoxy) is 2. The van der Waals surface area contributed by atoms with Crippen LogP contribution in [0.4, 0.5) is 0 Å². The molecule has 0 aliphatic rings. The van der Waals surface area contributed by atoms with Crippen molar-refractivity contribution in [2.75, 3.05) is 23.9 Å². The number of esters is 2. The molecule has 4 nitrogen and oxygen atoms in total. The van der Waals surface area contributed by atoms with E-state index in [1.165, 1.54) is 0 Å². The summed E-state index contributed by atoms with van der Waals surface area (Å²) in [4.78, 5) is 22.6. The Hall–Kier alpha value is -0.100. The molecule has 21 heavy (non-hydrogen) atoms. The number of unbranched alkanes of at least 4 members (excludes halogenated alkanes) is 4. The predicted molar refractivity (Wildman–Crippen MR) is 91.1 cm³/mol. The van der Waals surface area contributed by atoms with Crippen LogP contribution in [-0.2, 0) is 19.1 Å². The molecule has 6 heteroatoms. The van der Waals surface area contributed by atoms with Crippen molar-refractivity contribution in [3.05, 3.63) is 0 Å². The van der Waals surface area contributed by atoms with Gasteiger partial charge in [0.05, 0.1) is 13.2 Å². The molecule has 0 unspecified atom stereocenters. The average molecular weight is 430 g/mol. The Bertz CT molecular complexity index is 246. The molecule has 0 saturated heterocycles. The number of halogens is 2. The van der Waals surface area contributed by atoms with Gasteiger partial charge in [-0.3, -0.25) is 9.59 Å². The molecule has 0 rings (SSSR count). The number of carbonyl (C=O) groups is 2. The lowest BCUT2D eigenvalue weighted by Gasteiger charge is -2.06. The molecule has 0 aliphatic heterocycles. The van der Waals surface area contributed by atoms with Crippen molar-refractivity contribution in [3.63, 3.8) is 0 Å². The van der Waals surface area contributed by atoms with Crippen LogP contribution in [-0.4, -0.2) is 35.8 Å². The maximum Gasteiger partial charge on any atom is 0.305 e. The Kier molecular flexibility index (Phi) is 16.2. The lowest BCUT2D eigenvalue weighted by Crippen LogP contribution is -2.07. The molecule has 0 aliphatic carbocycles. The van der Waals surface area contributed by atoms with Gasteiger partial charge in [-0.25, -0.2) is 0 Å². The molecule has 124 valence electrons. The Labute approximate surface area is 144 Å². The van der Waals surface area contributed by atoms with E-state index in [0.29, 0.717) is 26.1 Å². The molecule has 0 saturated carbocycles. The summed E-state index contributed by atoms with van der Waals surface area (Å²) in [6.07, 6.45) is 7.28. The highest BCUT2D eigenvalue weighted by atomic mass is 79.9. The van der Waals surface area contributed by atoms with Gasteiger partial charge < -0.3 is 9.47 Å². The van der Waals surface area contributed by atoms with E-state index in [-0.39, 0.29) is 11.9 Å². The van der Waals surface area contributed by atoms with Crippen molar-refractivity contribution in [3.8, 4) is 0 Å². The van der Waals surface area contributed by atoms with E-state index >= 15 is 0 Å². The molecule has 0 aromatic heterocycles. The second-order valence-electron chi connectivity index (χ2n) is 4.79. The minimum Gasteiger partial charge on any atom is -0.466 e. The van der Waals surface area contributed by atoms with Crippen LogP contribution in [0.15, 0.2) is 0 Å². The van der Waals surface area contributed by atoms with E-state index in [0.717, 1.165) is 55.6 Å². The first-order valence-electron chi connectivity index (χ1n) is 7.64. The van der Waals surface area contributed by atoms with Gasteiger partial charge in [0.2, 0.25) is 0 Å². The minimum atomic E-state index is -0.117. The zero-order chi connectivity index (χ0) is 15.8. The fourth-order valence-corrected chi connectivity index (χ4v) is 2.42. The van der Waals surface area contributed by atoms with Gasteiger partial charge in [-0.05, 0) is 44.9 Å². The summed E-state index contributed by atoms with van der Waals surface area (Å²) in [6.45, 7) is 0.929. The van der Waals surface area contributed by atoms with Gasteiger partial charge in [0, 0.05) is 23.5 Å². The summed E-state index contributed by atoms with van der Waals surface area (Å²) in [7, 11) is 0. The fourth-order valence-electron chi connectivity index (χ4n) is 1.62. The predicted octanol–water partition coefficient (Wildman–Crippen LogP) is 4.37. The summed E-state index contributed by atoms with van der Waals surface area (Å²) in [6, 6.07) is 0. The van der Waals surface area contributed by atoms with Gasteiger partial charge in [0.15, 0.2) is 0 Å². The van der Waals surface area contributed by atoms with Crippen molar-refractivity contribution in [1.82, 2.24) is 0 Å². The van der Waals surface area contributed by atoms with Crippen LogP contribution < -0.4 is 0 Å². The molecule has 0 aromatic carbocycles. The Morgan fingerprint density at radius 1 is 0.619 bits per heavy atom. The SMILES string of the molecule is O=C(CCCCBr)OCCCCCOC(=O)CCCCBr. The zero-order valence-corrected chi connectivity index (χ0v) is 15.8. The number of carbonyl (C=O) groups excluding carboxylic acids is 2. The van der Waals surface area contributed by atoms with Gasteiger partial charge >= 0.3 is 11.9 Å². The molecule has 0 amide bonds. The van der Waals surface area contributed by atoms with Crippen molar-refractivity contribution in [2.24, 2.45) is 0 Å². The van der Waals surface area contributed by atoms with Crippen molar-refractivity contribution < 1.29 is 19.1 Å². The standard InChI is InChI=1S/C15H26Br2O4/c16-10-4-2-8-14(18)20-12-6-1-7-13-21-15(19)9-3-5-11-17/h1-13H2. The molecule has 0 N–H and O–H groups in total.